The van der Waals surface area contributed by atoms with Gasteiger partial charge in [-0.3, -0.25) is 4.79 Å². The number of esters is 1. The lowest BCUT2D eigenvalue weighted by Gasteiger charge is -2.38. The molecule has 0 spiro atoms. The summed E-state index contributed by atoms with van der Waals surface area (Å²) >= 11 is 0. The number of carbonyl (C=O) groups excluding carboxylic acids is 1. The zero-order chi connectivity index (χ0) is 25.6. The minimum absolute atomic E-state index is 0.109. The molecule has 1 aliphatic heterocycles. The Morgan fingerprint density at radius 2 is 1.86 bits per heavy atom. The first kappa shape index (κ1) is 26.7. The minimum atomic E-state index is -4.61. The van der Waals surface area contributed by atoms with Gasteiger partial charge in [-0.1, -0.05) is 26.8 Å². The molecule has 1 N–H and O–H groups in total. The Kier molecular flexibility index (Phi) is 8.93. The third-order valence-corrected chi connectivity index (χ3v) is 5.98. The Morgan fingerprint density at radius 1 is 1.20 bits per heavy atom. The Bertz CT molecular complexity index is 977. The predicted molar refractivity (Wildman–Crippen MR) is 128 cm³/mol. The molecule has 3 rings (SSSR count). The molecule has 1 aromatic heterocycles. The fourth-order valence-electron chi connectivity index (χ4n) is 4.19. The predicted octanol–water partition coefficient (Wildman–Crippen LogP) is 5.55. The summed E-state index contributed by atoms with van der Waals surface area (Å²) < 4.78 is 49.1. The number of rotatable bonds is 9. The molecule has 1 fully saturated rings. The summed E-state index contributed by atoms with van der Waals surface area (Å²) in [5, 5.41) is 3.23. The monoisotopic (exact) mass is 494 g/mol. The van der Waals surface area contributed by atoms with E-state index < -0.39 is 12.0 Å². The van der Waals surface area contributed by atoms with Gasteiger partial charge in [0.2, 0.25) is 5.82 Å². The molecule has 0 amide bonds. The number of halogens is 3. The molecule has 7 nitrogen and oxygen atoms in total. The highest BCUT2D eigenvalue weighted by molar-refractivity contribution is 5.77. The van der Waals surface area contributed by atoms with E-state index in [2.05, 4.69) is 34.0 Å². The number of benzene rings is 1. The van der Waals surface area contributed by atoms with Crippen LogP contribution in [0.4, 0.5) is 30.2 Å². The maximum atomic E-state index is 12.9. The minimum Gasteiger partial charge on any atom is -0.469 e. The van der Waals surface area contributed by atoms with Crippen LogP contribution in [-0.4, -0.2) is 48.8 Å². The van der Waals surface area contributed by atoms with E-state index in [0.717, 1.165) is 48.7 Å². The van der Waals surface area contributed by atoms with Gasteiger partial charge in [0.25, 0.3) is 0 Å². The van der Waals surface area contributed by atoms with E-state index in [1.165, 1.54) is 7.11 Å². The summed E-state index contributed by atoms with van der Waals surface area (Å²) in [6, 6.07) is 6.21. The molecule has 2 heterocycles. The van der Waals surface area contributed by atoms with E-state index in [1.54, 1.807) is 0 Å². The molecule has 1 atom stereocenters. The molecule has 1 saturated heterocycles. The van der Waals surface area contributed by atoms with Gasteiger partial charge in [0.15, 0.2) is 0 Å². The summed E-state index contributed by atoms with van der Waals surface area (Å²) in [7, 11) is 1.35. The molecular formula is C25H33F3N4O3. The third kappa shape index (κ3) is 7.30. The molecule has 1 unspecified atom stereocenters. The van der Waals surface area contributed by atoms with Gasteiger partial charge in [0, 0.05) is 25.8 Å². The molecule has 10 heteroatoms. The van der Waals surface area contributed by atoms with Crippen molar-refractivity contribution in [2.24, 2.45) is 5.92 Å². The highest BCUT2D eigenvalue weighted by atomic mass is 19.4. The molecule has 0 bridgehead atoms. The van der Waals surface area contributed by atoms with Gasteiger partial charge in [0.05, 0.1) is 43.0 Å². The quantitative estimate of drug-likeness (QED) is 0.458. The average Bonchev–Trinajstić information content (AvgIpc) is 2.82. The van der Waals surface area contributed by atoms with Crippen LogP contribution < -0.4 is 10.2 Å². The molecule has 0 radical (unpaired) electrons. The molecule has 192 valence electrons. The lowest BCUT2D eigenvalue weighted by atomic mass is 9.95. The number of nitrogens with zero attached hydrogens (tertiary/aromatic N) is 3. The molecule has 1 aliphatic rings. The number of aromatic nitrogens is 2. The Morgan fingerprint density at radius 3 is 2.43 bits per heavy atom. The van der Waals surface area contributed by atoms with E-state index >= 15 is 0 Å². The highest BCUT2D eigenvalue weighted by Crippen LogP contribution is 2.36. The number of methoxy groups -OCH3 is 1. The number of anilines is 3. The second-order valence-electron chi connectivity index (χ2n) is 9.27. The molecule has 0 aliphatic carbocycles. The van der Waals surface area contributed by atoms with E-state index in [4.69, 9.17) is 9.47 Å². The van der Waals surface area contributed by atoms with Crippen molar-refractivity contribution < 1.29 is 27.4 Å². The standard InChI is InChI=1S/C25H33F3N4O3/c1-16(2)15-32(20-7-9-35-10-8-20)22-6-5-18(17(3)11-23(33)34-4)12-21(22)31-19-13-29-24(30-14-19)25(26,27)28/h5-6,12-14,16-17,20,31H,7-11,15H2,1-4H3. The number of hydrogen-bond acceptors (Lipinski definition) is 7. The van der Waals surface area contributed by atoms with Crippen LogP contribution in [0, 0.1) is 5.92 Å². The number of alkyl halides is 3. The summed E-state index contributed by atoms with van der Waals surface area (Å²) in [6.07, 6.45) is -0.360. The maximum absolute atomic E-state index is 12.9. The number of nitrogens with one attached hydrogen (secondary N) is 1. The summed E-state index contributed by atoms with van der Waals surface area (Å²) in [5.74, 6) is -1.22. The topological polar surface area (TPSA) is 76.6 Å². The Labute approximate surface area is 204 Å². The van der Waals surface area contributed by atoms with Gasteiger partial charge in [-0.25, -0.2) is 9.97 Å². The Balaban J connectivity index is 2.00. The highest BCUT2D eigenvalue weighted by Gasteiger charge is 2.34. The van der Waals surface area contributed by atoms with Gasteiger partial charge in [-0.15, -0.1) is 0 Å². The SMILES string of the molecule is COC(=O)CC(C)c1ccc(N(CC(C)C)C2CCOCC2)c(Nc2cnc(C(F)(F)F)nc2)c1. The molecular weight excluding hydrogens is 461 g/mol. The number of carbonyl (C=O) groups is 1. The third-order valence-electron chi connectivity index (χ3n) is 5.98. The fraction of sp³-hybridized carbons (Fsp3) is 0.560. The van der Waals surface area contributed by atoms with E-state index in [0.29, 0.717) is 24.8 Å². The van der Waals surface area contributed by atoms with Crippen molar-refractivity contribution in [2.75, 3.05) is 37.1 Å². The molecule has 0 saturated carbocycles. The lowest BCUT2D eigenvalue weighted by Crippen LogP contribution is -2.42. The van der Waals surface area contributed by atoms with Crippen molar-refractivity contribution >= 4 is 23.0 Å². The Hall–Kier alpha value is -2.88. The van der Waals surface area contributed by atoms with Gasteiger partial charge >= 0.3 is 12.1 Å². The summed E-state index contributed by atoms with van der Waals surface area (Å²) in [4.78, 5) is 21.1. The lowest BCUT2D eigenvalue weighted by molar-refractivity contribution is -0.145. The van der Waals surface area contributed by atoms with Crippen molar-refractivity contribution in [3.63, 3.8) is 0 Å². The molecule has 1 aromatic carbocycles. The van der Waals surface area contributed by atoms with Crippen molar-refractivity contribution in [1.82, 2.24) is 9.97 Å². The first-order valence-electron chi connectivity index (χ1n) is 11.8. The van der Waals surface area contributed by atoms with Crippen molar-refractivity contribution in [3.8, 4) is 0 Å². The second kappa shape index (κ2) is 11.7. The van der Waals surface area contributed by atoms with Crippen LogP contribution >= 0.6 is 0 Å². The summed E-state index contributed by atoms with van der Waals surface area (Å²) in [6.45, 7) is 8.40. The molecule has 35 heavy (non-hydrogen) atoms. The first-order valence-corrected chi connectivity index (χ1v) is 11.8. The summed E-state index contributed by atoms with van der Waals surface area (Å²) in [5.41, 5.74) is 2.90. The zero-order valence-corrected chi connectivity index (χ0v) is 20.6. The number of ether oxygens (including phenoxy) is 2. The van der Waals surface area contributed by atoms with Crippen LogP contribution in [0.5, 0.6) is 0 Å². The van der Waals surface area contributed by atoms with E-state index in [-0.39, 0.29) is 24.3 Å². The number of hydrogen-bond donors (Lipinski definition) is 1. The zero-order valence-electron chi connectivity index (χ0n) is 20.6. The van der Waals surface area contributed by atoms with Crippen LogP contribution in [0.3, 0.4) is 0 Å². The normalized spacial score (nSPS) is 15.7. The van der Waals surface area contributed by atoms with Crippen LogP contribution in [0.15, 0.2) is 30.6 Å². The maximum Gasteiger partial charge on any atom is 0.451 e. The smallest absolute Gasteiger partial charge is 0.451 e. The van der Waals surface area contributed by atoms with Crippen LogP contribution in [0.25, 0.3) is 0 Å². The van der Waals surface area contributed by atoms with Crippen LogP contribution in [0.1, 0.15) is 57.3 Å². The van der Waals surface area contributed by atoms with E-state index in [9.17, 15) is 18.0 Å². The second-order valence-corrected chi connectivity index (χ2v) is 9.27. The average molecular weight is 495 g/mol. The van der Waals surface area contributed by atoms with E-state index in [1.807, 2.05) is 25.1 Å². The van der Waals surface area contributed by atoms with Gasteiger partial charge in [0.1, 0.15) is 0 Å². The first-order chi connectivity index (χ1) is 16.6. The van der Waals surface area contributed by atoms with Crippen LogP contribution in [-0.2, 0) is 20.4 Å². The van der Waals surface area contributed by atoms with Gasteiger partial charge < -0.3 is 19.7 Å². The van der Waals surface area contributed by atoms with Crippen molar-refractivity contribution in [2.45, 2.75) is 58.2 Å². The largest absolute Gasteiger partial charge is 0.469 e. The van der Waals surface area contributed by atoms with Gasteiger partial charge in [-0.05, 0) is 42.4 Å². The fourth-order valence-corrected chi connectivity index (χ4v) is 4.19. The molecule has 2 aromatic rings. The van der Waals surface area contributed by atoms with Crippen LogP contribution in [0.2, 0.25) is 0 Å². The van der Waals surface area contributed by atoms with Crippen molar-refractivity contribution in [1.29, 1.82) is 0 Å². The van der Waals surface area contributed by atoms with Gasteiger partial charge in [-0.2, -0.15) is 13.2 Å². The van der Waals surface area contributed by atoms with Crippen molar-refractivity contribution in [3.05, 3.63) is 42.0 Å².